The van der Waals surface area contributed by atoms with Crippen LogP contribution in [0.1, 0.15) is 56.0 Å². The molecule has 1 aromatic carbocycles. The molecule has 1 unspecified atom stereocenters. The van der Waals surface area contributed by atoms with Gasteiger partial charge in [0.2, 0.25) is 0 Å². The second kappa shape index (κ2) is 8.02. The number of esters is 1. The van der Waals surface area contributed by atoms with Crippen molar-refractivity contribution >= 4 is 52.1 Å². The van der Waals surface area contributed by atoms with Gasteiger partial charge in [-0.3, -0.25) is 4.79 Å². The fourth-order valence-electron chi connectivity index (χ4n) is 4.11. The molecule has 2 aliphatic rings. The number of benzene rings is 1. The highest BCUT2D eigenvalue weighted by molar-refractivity contribution is 6.44. The first-order valence-electron chi connectivity index (χ1n) is 9.05. The van der Waals surface area contributed by atoms with E-state index in [2.05, 4.69) is 6.92 Å². The number of alkyl halides is 1. The zero-order valence-corrected chi connectivity index (χ0v) is 17.5. The number of fused-ring (bicyclic) bond motifs is 3. The van der Waals surface area contributed by atoms with Crippen LogP contribution in [0.15, 0.2) is 12.1 Å². The lowest BCUT2D eigenvalue weighted by atomic mass is 9.69. The van der Waals surface area contributed by atoms with E-state index in [1.54, 1.807) is 19.1 Å². The maximum Gasteiger partial charge on any atom is 0.344 e. The summed E-state index contributed by atoms with van der Waals surface area (Å²) in [6.07, 6.45) is 4.60. The maximum atomic E-state index is 12.1. The van der Waals surface area contributed by atoms with E-state index in [0.29, 0.717) is 17.9 Å². The molecule has 0 aliphatic heterocycles. The molecule has 3 rings (SSSR count). The molecule has 0 heterocycles. The molecule has 7 heteroatoms. The SMILES string of the molecule is CCC[C@@]12CCC(=O)C=C1c1c(cc(OCC(=O)OCC)c(Cl)c1Cl)C2Cl. The Balaban J connectivity index is 2.05. The van der Waals surface area contributed by atoms with Gasteiger partial charge in [-0.25, -0.2) is 4.79 Å². The summed E-state index contributed by atoms with van der Waals surface area (Å²) in [7, 11) is 0. The van der Waals surface area contributed by atoms with Crippen molar-refractivity contribution in [2.24, 2.45) is 5.41 Å². The van der Waals surface area contributed by atoms with E-state index in [0.717, 1.165) is 29.5 Å². The van der Waals surface area contributed by atoms with Gasteiger partial charge in [0.05, 0.1) is 17.0 Å². The highest BCUT2D eigenvalue weighted by Crippen LogP contribution is 2.65. The number of hydrogen-bond acceptors (Lipinski definition) is 4. The van der Waals surface area contributed by atoms with Crippen molar-refractivity contribution in [1.29, 1.82) is 0 Å². The average Bonchev–Trinajstić information content (AvgIpc) is 2.86. The van der Waals surface area contributed by atoms with Crippen molar-refractivity contribution in [3.8, 4) is 5.75 Å². The van der Waals surface area contributed by atoms with Gasteiger partial charge >= 0.3 is 5.97 Å². The van der Waals surface area contributed by atoms with Crippen molar-refractivity contribution in [1.82, 2.24) is 0 Å². The summed E-state index contributed by atoms with van der Waals surface area (Å²) >= 11 is 19.9. The Bertz CT molecular complexity index is 818. The predicted molar refractivity (Wildman–Crippen MR) is 107 cm³/mol. The van der Waals surface area contributed by atoms with Crippen molar-refractivity contribution in [3.05, 3.63) is 33.3 Å². The normalized spacial score (nSPS) is 23.5. The molecular weight excluding hydrogens is 411 g/mol. The number of carbonyl (C=O) groups is 2. The van der Waals surface area contributed by atoms with Gasteiger partial charge in [0, 0.05) is 17.4 Å². The third kappa shape index (κ3) is 3.48. The second-order valence-corrected chi connectivity index (χ2v) is 8.05. The van der Waals surface area contributed by atoms with Crippen LogP contribution in [0.3, 0.4) is 0 Å². The molecule has 2 aliphatic carbocycles. The van der Waals surface area contributed by atoms with Crippen LogP contribution in [0.2, 0.25) is 10.0 Å². The minimum Gasteiger partial charge on any atom is -0.480 e. The van der Waals surface area contributed by atoms with Gasteiger partial charge in [-0.05, 0) is 43.0 Å². The first kappa shape index (κ1) is 20.5. The lowest BCUT2D eigenvalue weighted by Gasteiger charge is -2.36. The Morgan fingerprint density at radius 2 is 2.04 bits per heavy atom. The van der Waals surface area contributed by atoms with Crippen LogP contribution in [-0.2, 0) is 14.3 Å². The van der Waals surface area contributed by atoms with Crippen molar-refractivity contribution < 1.29 is 19.1 Å². The van der Waals surface area contributed by atoms with E-state index in [-0.39, 0.29) is 40.6 Å². The Morgan fingerprint density at radius 3 is 2.70 bits per heavy atom. The van der Waals surface area contributed by atoms with Gasteiger partial charge in [0.25, 0.3) is 0 Å². The highest BCUT2D eigenvalue weighted by atomic mass is 35.5. The third-order valence-electron chi connectivity index (χ3n) is 5.24. The molecule has 1 aromatic rings. The maximum absolute atomic E-state index is 12.1. The summed E-state index contributed by atoms with van der Waals surface area (Å²) in [5.74, 6) is -0.128. The Kier molecular flexibility index (Phi) is 6.09. The number of allylic oxidation sites excluding steroid dienone is 2. The topological polar surface area (TPSA) is 52.6 Å². The van der Waals surface area contributed by atoms with Gasteiger partial charge in [-0.15, -0.1) is 11.6 Å². The summed E-state index contributed by atoms with van der Waals surface area (Å²) in [6, 6.07) is 1.74. The van der Waals surface area contributed by atoms with E-state index >= 15 is 0 Å². The molecule has 0 bridgehead atoms. The van der Waals surface area contributed by atoms with Gasteiger partial charge in [0.15, 0.2) is 12.4 Å². The number of hydrogen-bond donors (Lipinski definition) is 0. The molecule has 27 heavy (non-hydrogen) atoms. The number of carbonyl (C=O) groups excluding carboxylic acids is 2. The molecule has 0 fully saturated rings. The summed E-state index contributed by atoms with van der Waals surface area (Å²) < 4.78 is 10.4. The largest absolute Gasteiger partial charge is 0.480 e. The van der Waals surface area contributed by atoms with E-state index < -0.39 is 5.97 Å². The molecule has 4 nitrogen and oxygen atoms in total. The van der Waals surface area contributed by atoms with E-state index in [4.69, 9.17) is 44.3 Å². The molecular formula is C20H21Cl3O4. The predicted octanol–water partition coefficient (Wildman–Crippen LogP) is 5.76. The quantitative estimate of drug-likeness (QED) is 0.424. The minimum atomic E-state index is -0.489. The Labute approximate surface area is 173 Å². The van der Waals surface area contributed by atoms with Crippen molar-refractivity contribution in [2.75, 3.05) is 13.2 Å². The van der Waals surface area contributed by atoms with Crippen LogP contribution in [-0.4, -0.2) is 25.0 Å². The van der Waals surface area contributed by atoms with Crippen LogP contribution in [0.5, 0.6) is 5.75 Å². The first-order valence-corrected chi connectivity index (χ1v) is 10.2. The zero-order chi connectivity index (χ0) is 19.8. The lowest BCUT2D eigenvalue weighted by molar-refractivity contribution is -0.145. The molecule has 0 N–H and O–H groups in total. The van der Waals surface area contributed by atoms with Gasteiger partial charge in [-0.1, -0.05) is 36.5 Å². The van der Waals surface area contributed by atoms with Crippen molar-refractivity contribution in [3.63, 3.8) is 0 Å². The molecule has 146 valence electrons. The molecule has 0 saturated carbocycles. The number of ketones is 1. The van der Waals surface area contributed by atoms with Crippen LogP contribution >= 0.6 is 34.8 Å². The summed E-state index contributed by atoms with van der Waals surface area (Å²) in [5, 5.41) is 0.166. The van der Waals surface area contributed by atoms with Crippen LogP contribution in [0.25, 0.3) is 5.57 Å². The molecule has 0 radical (unpaired) electrons. The van der Waals surface area contributed by atoms with Gasteiger partial charge in [0.1, 0.15) is 10.8 Å². The van der Waals surface area contributed by atoms with E-state index in [1.807, 2.05) is 0 Å². The zero-order valence-electron chi connectivity index (χ0n) is 15.2. The molecule has 0 spiro atoms. The summed E-state index contributed by atoms with van der Waals surface area (Å²) in [4.78, 5) is 23.7. The van der Waals surface area contributed by atoms with Gasteiger partial charge in [-0.2, -0.15) is 0 Å². The van der Waals surface area contributed by atoms with Crippen LogP contribution in [0.4, 0.5) is 0 Å². The first-order chi connectivity index (χ1) is 12.9. The molecule has 0 amide bonds. The molecule has 0 aromatic heterocycles. The van der Waals surface area contributed by atoms with Crippen molar-refractivity contribution in [2.45, 2.75) is 44.9 Å². The number of rotatable bonds is 6. The average molecular weight is 432 g/mol. The van der Waals surface area contributed by atoms with E-state index in [1.165, 1.54) is 0 Å². The highest BCUT2D eigenvalue weighted by Gasteiger charge is 2.51. The van der Waals surface area contributed by atoms with Crippen LogP contribution < -0.4 is 4.74 Å². The summed E-state index contributed by atoms with van der Waals surface area (Å²) in [5.41, 5.74) is 2.06. The minimum absolute atomic E-state index is 0.0725. The molecule has 2 atom stereocenters. The summed E-state index contributed by atoms with van der Waals surface area (Å²) in [6.45, 7) is 3.82. The van der Waals surface area contributed by atoms with Gasteiger partial charge < -0.3 is 9.47 Å². The molecule has 0 saturated heterocycles. The fourth-order valence-corrected chi connectivity index (χ4v) is 5.13. The smallest absolute Gasteiger partial charge is 0.344 e. The number of ether oxygens (including phenoxy) is 2. The van der Waals surface area contributed by atoms with Crippen LogP contribution in [0, 0.1) is 5.41 Å². The number of halogens is 3. The van der Waals surface area contributed by atoms with E-state index in [9.17, 15) is 9.59 Å². The third-order valence-corrected chi connectivity index (χ3v) is 6.74. The lowest BCUT2D eigenvalue weighted by Crippen LogP contribution is -2.27. The second-order valence-electron chi connectivity index (χ2n) is 6.85. The monoisotopic (exact) mass is 430 g/mol. The fraction of sp³-hybridized carbons (Fsp3) is 0.500. The Morgan fingerprint density at radius 1 is 1.30 bits per heavy atom. The Hall–Kier alpha value is -1.23. The standard InChI is InChI=1S/C20H21Cl3O4/c1-3-6-20-7-5-11(24)8-13(20)16-12(19(20)23)9-14(17(21)18(16)22)27-10-15(25)26-4-2/h8-9,19H,3-7,10H2,1-2H3/t19?,20-/m1/s1.